The quantitative estimate of drug-likeness (QED) is 0.173. The molecule has 1 aliphatic carbocycles. The Morgan fingerprint density at radius 1 is 0.321 bits per heavy atom. The van der Waals surface area contributed by atoms with Gasteiger partial charge in [-0.3, -0.25) is 0 Å². The van der Waals surface area contributed by atoms with Gasteiger partial charge in [-0.2, -0.15) is 0 Å². The van der Waals surface area contributed by atoms with Gasteiger partial charge in [0, 0.05) is 42.4 Å². The van der Waals surface area contributed by atoms with Crippen LogP contribution >= 0.6 is 11.3 Å². The molecule has 9 aromatic carbocycles. The molecule has 2 aromatic heterocycles. The molecule has 11 aromatic rings. The summed E-state index contributed by atoms with van der Waals surface area (Å²) in [5.41, 5.74) is 7.91. The van der Waals surface area contributed by atoms with Crippen LogP contribution in [0.2, 0.25) is 0 Å². The zero-order valence-corrected chi connectivity index (χ0v) is 29.2. The lowest BCUT2D eigenvalue weighted by Gasteiger charge is -2.15. The Morgan fingerprint density at radius 3 is 1.75 bits per heavy atom. The number of rotatable bonds is 3. The van der Waals surface area contributed by atoms with E-state index in [9.17, 15) is 0 Å². The highest BCUT2D eigenvalue weighted by molar-refractivity contribution is 7.26. The Labute approximate surface area is 308 Å². The Hall–Kier alpha value is -6.75. The molecule has 4 heteroatoms. The SMILES string of the molecule is c1ccc2cc(-c3nc(-c4ccc5ccc6ccccc6c5c4)nc(-c4c5c(cc6sc7ccccc7c46)-c4cccc6cccc-5c46)n3)ccc2c1. The minimum Gasteiger partial charge on any atom is -0.208 e. The molecule has 2 heterocycles. The van der Waals surface area contributed by atoms with Crippen LogP contribution in [0.5, 0.6) is 0 Å². The Bertz CT molecular complexity index is 3350. The van der Waals surface area contributed by atoms with Gasteiger partial charge in [0.25, 0.3) is 0 Å². The van der Waals surface area contributed by atoms with E-state index in [1.807, 2.05) is 11.3 Å². The molecule has 3 nitrogen and oxygen atoms in total. The van der Waals surface area contributed by atoms with Crippen LogP contribution in [0.4, 0.5) is 0 Å². The molecule has 0 N–H and O–H groups in total. The van der Waals surface area contributed by atoms with E-state index in [0.717, 1.165) is 22.1 Å². The number of hydrogen-bond donors (Lipinski definition) is 0. The molecule has 0 spiro atoms. The van der Waals surface area contributed by atoms with Crippen molar-refractivity contribution in [1.29, 1.82) is 0 Å². The minimum absolute atomic E-state index is 0.659. The highest BCUT2D eigenvalue weighted by atomic mass is 32.1. The van der Waals surface area contributed by atoms with Crippen LogP contribution in [0.15, 0.2) is 164 Å². The van der Waals surface area contributed by atoms with E-state index in [1.54, 1.807) is 0 Å². The van der Waals surface area contributed by atoms with Crippen molar-refractivity contribution in [3.8, 4) is 56.4 Å². The fraction of sp³-hybridized carbons (Fsp3) is 0. The van der Waals surface area contributed by atoms with E-state index in [2.05, 4.69) is 164 Å². The second kappa shape index (κ2) is 10.9. The fourth-order valence-corrected chi connectivity index (χ4v) is 9.75. The van der Waals surface area contributed by atoms with Gasteiger partial charge in [0.1, 0.15) is 0 Å². The van der Waals surface area contributed by atoms with E-state index in [4.69, 9.17) is 15.0 Å². The van der Waals surface area contributed by atoms with E-state index >= 15 is 0 Å². The maximum atomic E-state index is 5.47. The molecular formula is C49H27N3S. The zero-order valence-electron chi connectivity index (χ0n) is 28.3. The third-order valence-electron chi connectivity index (χ3n) is 11.0. The fourth-order valence-electron chi connectivity index (χ4n) is 8.59. The summed E-state index contributed by atoms with van der Waals surface area (Å²) in [5.74, 6) is 2.01. The average molecular weight is 690 g/mol. The van der Waals surface area contributed by atoms with Crippen molar-refractivity contribution in [2.24, 2.45) is 0 Å². The molecule has 0 fully saturated rings. The van der Waals surface area contributed by atoms with Gasteiger partial charge in [-0.05, 0) is 84.0 Å². The first-order valence-corrected chi connectivity index (χ1v) is 18.8. The average Bonchev–Trinajstić information content (AvgIpc) is 3.76. The van der Waals surface area contributed by atoms with Crippen molar-refractivity contribution >= 4 is 74.6 Å². The second-order valence-corrected chi connectivity index (χ2v) is 15.0. The molecule has 0 bridgehead atoms. The molecule has 0 aliphatic heterocycles. The van der Waals surface area contributed by atoms with Gasteiger partial charge in [-0.15, -0.1) is 11.3 Å². The molecule has 0 saturated heterocycles. The molecule has 0 radical (unpaired) electrons. The lowest BCUT2D eigenvalue weighted by atomic mass is 9.93. The molecule has 12 rings (SSSR count). The van der Waals surface area contributed by atoms with Gasteiger partial charge >= 0.3 is 0 Å². The van der Waals surface area contributed by atoms with Crippen molar-refractivity contribution in [1.82, 2.24) is 15.0 Å². The van der Waals surface area contributed by atoms with Gasteiger partial charge in [-0.1, -0.05) is 140 Å². The maximum Gasteiger partial charge on any atom is 0.165 e. The number of fused-ring (bicyclic) bond motifs is 10. The summed E-state index contributed by atoms with van der Waals surface area (Å²) < 4.78 is 2.49. The molecular weight excluding hydrogens is 663 g/mol. The van der Waals surface area contributed by atoms with E-state index in [-0.39, 0.29) is 0 Å². The normalized spacial score (nSPS) is 12.2. The molecule has 0 amide bonds. The Kier molecular flexibility index (Phi) is 5.93. The van der Waals surface area contributed by atoms with Crippen LogP contribution in [-0.2, 0) is 0 Å². The largest absolute Gasteiger partial charge is 0.208 e. The first kappa shape index (κ1) is 28.9. The van der Waals surface area contributed by atoms with Crippen LogP contribution in [0.25, 0.3) is 120 Å². The number of nitrogens with zero attached hydrogens (tertiary/aromatic N) is 3. The third-order valence-corrected chi connectivity index (χ3v) is 12.1. The first-order chi connectivity index (χ1) is 26.2. The summed E-state index contributed by atoms with van der Waals surface area (Å²) in [5, 5.41) is 12.1. The molecule has 244 valence electrons. The van der Waals surface area contributed by atoms with E-state index in [1.165, 1.54) is 80.1 Å². The molecule has 53 heavy (non-hydrogen) atoms. The summed E-state index contributed by atoms with van der Waals surface area (Å²) >= 11 is 1.84. The third kappa shape index (κ3) is 4.24. The highest BCUT2D eigenvalue weighted by Crippen LogP contribution is 2.55. The summed E-state index contributed by atoms with van der Waals surface area (Å²) in [6.07, 6.45) is 0. The van der Waals surface area contributed by atoms with Crippen LogP contribution in [0.3, 0.4) is 0 Å². The van der Waals surface area contributed by atoms with Crippen LogP contribution in [-0.4, -0.2) is 15.0 Å². The van der Waals surface area contributed by atoms with Crippen LogP contribution in [0, 0.1) is 0 Å². The number of thiophene rings is 1. The van der Waals surface area contributed by atoms with Gasteiger partial charge < -0.3 is 0 Å². The minimum atomic E-state index is 0.659. The summed E-state index contributed by atoms with van der Waals surface area (Å²) in [4.78, 5) is 16.2. The van der Waals surface area contributed by atoms with E-state index in [0.29, 0.717) is 17.5 Å². The first-order valence-electron chi connectivity index (χ1n) is 17.9. The summed E-state index contributed by atoms with van der Waals surface area (Å²) in [7, 11) is 0. The van der Waals surface area contributed by atoms with Gasteiger partial charge in [0.15, 0.2) is 17.5 Å². The maximum absolute atomic E-state index is 5.47. The second-order valence-electron chi connectivity index (χ2n) is 13.9. The lowest BCUT2D eigenvalue weighted by Crippen LogP contribution is -2.02. The highest BCUT2D eigenvalue weighted by Gasteiger charge is 2.30. The van der Waals surface area contributed by atoms with Crippen molar-refractivity contribution in [2.75, 3.05) is 0 Å². The Morgan fingerprint density at radius 2 is 0.925 bits per heavy atom. The van der Waals surface area contributed by atoms with Gasteiger partial charge in [-0.25, -0.2) is 15.0 Å². The summed E-state index contributed by atoms with van der Waals surface area (Å²) in [6.45, 7) is 0. The molecule has 1 aliphatic rings. The lowest BCUT2D eigenvalue weighted by molar-refractivity contribution is 1.08. The Balaban J connectivity index is 1.21. The number of hydrogen-bond acceptors (Lipinski definition) is 4. The van der Waals surface area contributed by atoms with Crippen molar-refractivity contribution in [3.05, 3.63) is 164 Å². The van der Waals surface area contributed by atoms with Crippen LogP contribution in [0.1, 0.15) is 0 Å². The van der Waals surface area contributed by atoms with Crippen molar-refractivity contribution in [2.45, 2.75) is 0 Å². The number of benzene rings is 9. The topological polar surface area (TPSA) is 38.7 Å². The molecule has 0 unspecified atom stereocenters. The predicted octanol–water partition coefficient (Wildman–Crippen LogP) is 13.5. The summed E-state index contributed by atoms with van der Waals surface area (Å²) in [6, 6.07) is 59.0. The van der Waals surface area contributed by atoms with Gasteiger partial charge in [0.2, 0.25) is 0 Å². The monoisotopic (exact) mass is 689 g/mol. The van der Waals surface area contributed by atoms with E-state index < -0.39 is 0 Å². The predicted molar refractivity (Wildman–Crippen MR) is 223 cm³/mol. The van der Waals surface area contributed by atoms with Crippen molar-refractivity contribution < 1.29 is 0 Å². The van der Waals surface area contributed by atoms with Crippen LogP contribution < -0.4 is 0 Å². The van der Waals surface area contributed by atoms with Gasteiger partial charge in [0.05, 0.1) is 0 Å². The zero-order chi connectivity index (χ0) is 34.6. The smallest absolute Gasteiger partial charge is 0.165 e. The standard InChI is InChI=1S/C49H27N3S/c1-2-11-32-25-33(23-19-28(32)9-1)47-50-48(34-24-22-30-21-20-29-10-3-4-14-35(29)39(30)26-34)52-49(51-47)46-44-38-17-8-13-31-12-7-16-36(43(31)38)40(44)27-42-45(46)37-15-5-6-18-41(37)53-42/h1-27H. The molecule has 0 saturated carbocycles. The van der Waals surface area contributed by atoms with Crippen molar-refractivity contribution in [3.63, 3.8) is 0 Å². The molecule has 0 atom stereocenters. The number of aromatic nitrogens is 3.